The van der Waals surface area contributed by atoms with Crippen molar-refractivity contribution in [3.63, 3.8) is 0 Å². The molecule has 19 heavy (non-hydrogen) atoms. The fraction of sp³-hybridized carbons (Fsp3) is 0.571. The Morgan fingerprint density at radius 3 is 2.84 bits per heavy atom. The molecule has 0 spiro atoms. The van der Waals surface area contributed by atoms with E-state index >= 15 is 0 Å². The summed E-state index contributed by atoms with van der Waals surface area (Å²) in [5.74, 6) is -0.259. The Hall–Kier alpha value is -1.36. The predicted molar refractivity (Wildman–Crippen MR) is 76.7 cm³/mol. The van der Waals surface area contributed by atoms with Crippen LogP contribution in [0.4, 0.5) is 5.00 Å². The van der Waals surface area contributed by atoms with Crippen molar-refractivity contribution < 1.29 is 14.3 Å². The molecule has 0 saturated carbocycles. The van der Waals surface area contributed by atoms with Crippen LogP contribution >= 0.6 is 11.3 Å². The molecular weight excluding hydrogens is 262 g/mol. The Balaban J connectivity index is 2.35. The third-order valence-corrected chi connectivity index (χ3v) is 4.24. The largest absolute Gasteiger partial charge is 0.483 e. The van der Waals surface area contributed by atoms with E-state index in [2.05, 4.69) is 4.99 Å². The van der Waals surface area contributed by atoms with Crippen LogP contribution in [0.5, 0.6) is 0 Å². The number of hydrogen-bond donors (Lipinski definition) is 0. The Kier molecular flexibility index (Phi) is 4.96. The van der Waals surface area contributed by atoms with E-state index in [1.54, 1.807) is 11.3 Å². The fourth-order valence-electron chi connectivity index (χ4n) is 2.22. The van der Waals surface area contributed by atoms with Crippen molar-refractivity contribution in [2.75, 3.05) is 13.2 Å². The number of esters is 1. The Labute approximate surface area is 117 Å². The molecule has 1 aliphatic rings. The summed E-state index contributed by atoms with van der Waals surface area (Å²) in [6, 6.07) is 0. The van der Waals surface area contributed by atoms with Gasteiger partial charge in [-0.1, -0.05) is 0 Å². The second-order valence-corrected chi connectivity index (χ2v) is 5.38. The highest BCUT2D eigenvalue weighted by atomic mass is 32.1. The lowest BCUT2D eigenvalue weighted by atomic mass is 9.95. The minimum Gasteiger partial charge on any atom is -0.483 e. The summed E-state index contributed by atoms with van der Waals surface area (Å²) in [5.41, 5.74) is 1.79. The highest BCUT2D eigenvalue weighted by molar-refractivity contribution is 7.16. The van der Waals surface area contributed by atoms with E-state index in [4.69, 9.17) is 9.47 Å². The number of thiophene rings is 1. The molecule has 2 rings (SSSR count). The molecule has 1 heterocycles. The number of aryl methyl sites for hydroxylation is 1. The van der Waals surface area contributed by atoms with Crippen LogP contribution in [0.15, 0.2) is 4.99 Å². The summed E-state index contributed by atoms with van der Waals surface area (Å²) in [5, 5.41) is 0.721. The Morgan fingerprint density at radius 1 is 1.32 bits per heavy atom. The number of carbonyl (C=O) groups excluding carboxylic acids is 1. The van der Waals surface area contributed by atoms with Gasteiger partial charge in [0.2, 0.25) is 0 Å². The van der Waals surface area contributed by atoms with Crippen LogP contribution < -0.4 is 0 Å². The molecular formula is C14H19NO3S. The number of ether oxygens (including phenoxy) is 2. The fourth-order valence-corrected chi connectivity index (χ4v) is 3.43. The van der Waals surface area contributed by atoms with Crippen LogP contribution in [0.25, 0.3) is 0 Å². The number of fused-ring (bicyclic) bond motifs is 1. The molecule has 0 bridgehead atoms. The lowest BCUT2D eigenvalue weighted by molar-refractivity contribution is 0.0526. The topological polar surface area (TPSA) is 47.9 Å². The molecule has 0 aliphatic heterocycles. The van der Waals surface area contributed by atoms with Gasteiger partial charge in [0, 0.05) is 4.88 Å². The minimum absolute atomic E-state index is 0.259. The summed E-state index contributed by atoms with van der Waals surface area (Å²) in [4.78, 5) is 17.7. The second-order valence-electron chi connectivity index (χ2n) is 4.30. The van der Waals surface area contributed by atoms with Crippen LogP contribution in [0.3, 0.4) is 0 Å². The molecule has 0 saturated heterocycles. The number of aliphatic imine (C=N–C) groups is 1. The van der Waals surface area contributed by atoms with E-state index in [0.29, 0.717) is 18.8 Å². The summed E-state index contributed by atoms with van der Waals surface area (Å²) in [6.07, 6.45) is 5.72. The van der Waals surface area contributed by atoms with E-state index in [0.717, 1.165) is 29.8 Å². The van der Waals surface area contributed by atoms with Gasteiger partial charge in [0.25, 0.3) is 0 Å². The first kappa shape index (κ1) is 14.1. The van der Waals surface area contributed by atoms with Gasteiger partial charge in [-0.25, -0.2) is 9.79 Å². The second kappa shape index (κ2) is 6.70. The van der Waals surface area contributed by atoms with Gasteiger partial charge in [0.1, 0.15) is 5.00 Å². The van der Waals surface area contributed by atoms with Crippen molar-refractivity contribution in [1.82, 2.24) is 0 Å². The minimum atomic E-state index is -0.259. The van der Waals surface area contributed by atoms with E-state index in [1.807, 2.05) is 13.8 Å². The first-order chi connectivity index (χ1) is 9.27. The van der Waals surface area contributed by atoms with Gasteiger partial charge in [-0.2, -0.15) is 0 Å². The first-order valence-electron chi connectivity index (χ1n) is 6.73. The third-order valence-electron chi connectivity index (χ3n) is 3.04. The molecule has 0 radical (unpaired) electrons. The van der Waals surface area contributed by atoms with Gasteiger partial charge in [0.05, 0.1) is 18.8 Å². The normalized spacial score (nSPS) is 14.4. The number of carbonyl (C=O) groups is 1. The maximum Gasteiger partial charge on any atom is 0.341 e. The zero-order valence-corrected chi connectivity index (χ0v) is 12.2. The van der Waals surface area contributed by atoms with Crippen LogP contribution in [0.2, 0.25) is 0 Å². The van der Waals surface area contributed by atoms with Crippen molar-refractivity contribution in [2.24, 2.45) is 4.99 Å². The molecule has 0 aromatic carbocycles. The van der Waals surface area contributed by atoms with Crippen LogP contribution in [-0.4, -0.2) is 25.6 Å². The molecule has 0 amide bonds. The Bertz CT molecular complexity index is 479. The zero-order chi connectivity index (χ0) is 13.7. The molecule has 0 N–H and O–H groups in total. The van der Waals surface area contributed by atoms with E-state index in [9.17, 15) is 4.79 Å². The molecule has 1 aromatic rings. The van der Waals surface area contributed by atoms with Crippen LogP contribution in [0, 0.1) is 0 Å². The van der Waals surface area contributed by atoms with Crippen molar-refractivity contribution in [3.8, 4) is 0 Å². The molecule has 0 atom stereocenters. The van der Waals surface area contributed by atoms with Crippen LogP contribution in [-0.2, 0) is 22.3 Å². The lowest BCUT2D eigenvalue weighted by Gasteiger charge is -2.11. The van der Waals surface area contributed by atoms with Gasteiger partial charge in [-0.05, 0) is 45.1 Å². The van der Waals surface area contributed by atoms with Crippen LogP contribution in [0.1, 0.15) is 47.5 Å². The quantitative estimate of drug-likeness (QED) is 0.471. The van der Waals surface area contributed by atoms with Gasteiger partial charge in [-0.3, -0.25) is 0 Å². The number of nitrogens with zero attached hydrogens (tertiary/aromatic N) is 1. The van der Waals surface area contributed by atoms with Gasteiger partial charge in [-0.15, -0.1) is 11.3 Å². The summed E-state index contributed by atoms with van der Waals surface area (Å²) < 4.78 is 10.3. The first-order valence-corrected chi connectivity index (χ1v) is 7.55. The maximum absolute atomic E-state index is 12.1. The molecule has 1 aliphatic carbocycles. The average molecular weight is 281 g/mol. The molecule has 4 nitrogen and oxygen atoms in total. The van der Waals surface area contributed by atoms with Crippen molar-refractivity contribution in [1.29, 1.82) is 0 Å². The van der Waals surface area contributed by atoms with Gasteiger partial charge in [0.15, 0.2) is 6.40 Å². The smallest absolute Gasteiger partial charge is 0.341 e. The molecule has 1 aromatic heterocycles. The van der Waals surface area contributed by atoms with Crippen molar-refractivity contribution >= 4 is 28.7 Å². The summed E-state index contributed by atoms with van der Waals surface area (Å²) in [6.45, 7) is 4.68. The van der Waals surface area contributed by atoms with E-state index < -0.39 is 0 Å². The Morgan fingerprint density at radius 2 is 2.11 bits per heavy atom. The molecule has 5 heteroatoms. The number of rotatable bonds is 5. The van der Waals surface area contributed by atoms with Gasteiger partial charge >= 0.3 is 5.97 Å². The van der Waals surface area contributed by atoms with E-state index in [-0.39, 0.29) is 5.97 Å². The standard InChI is InChI=1S/C14H19NO3S/c1-3-17-9-15-13-12(14(16)18-4-2)10-7-5-6-8-11(10)19-13/h9H,3-8H2,1-2H3/b15-9+. The monoisotopic (exact) mass is 281 g/mol. The highest BCUT2D eigenvalue weighted by Gasteiger charge is 2.25. The highest BCUT2D eigenvalue weighted by Crippen LogP contribution is 2.40. The van der Waals surface area contributed by atoms with Gasteiger partial charge < -0.3 is 9.47 Å². The van der Waals surface area contributed by atoms with Crippen molar-refractivity contribution in [2.45, 2.75) is 39.5 Å². The lowest BCUT2D eigenvalue weighted by Crippen LogP contribution is -2.09. The zero-order valence-electron chi connectivity index (χ0n) is 11.4. The maximum atomic E-state index is 12.1. The molecule has 0 unspecified atom stereocenters. The summed E-state index contributed by atoms with van der Waals surface area (Å²) >= 11 is 1.59. The average Bonchev–Trinajstić information content (AvgIpc) is 2.77. The van der Waals surface area contributed by atoms with Crippen molar-refractivity contribution in [3.05, 3.63) is 16.0 Å². The SMILES string of the molecule is CCO/C=N/c1sc2c(c1C(=O)OCC)CCCC2. The predicted octanol–water partition coefficient (Wildman–Crippen LogP) is 3.50. The summed E-state index contributed by atoms with van der Waals surface area (Å²) in [7, 11) is 0. The molecule has 104 valence electrons. The van der Waals surface area contributed by atoms with E-state index in [1.165, 1.54) is 17.7 Å². The third kappa shape index (κ3) is 3.15. The molecule has 0 fully saturated rings. The number of hydrogen-bond acceptors (Lipinski definition) is 5.